The fourth-order valence-electron chi connectivity index (χ4n) is 2.12. The summed E-state index contributed by atoms with van der Waals surface area (Å²) in [6.45, 7) is 2.95. The number of para-hydroxylation sites is 1. The number of rotatable bonds is 5. The number of aryl methyl sites for hydroxylation is 1. The normalized spacial score (nSPS) is 10.2. The Kier molecular flexibility index (Phi) is 4.53. The van der Waals surface area contributed by atoms with Gasteiger partial charge in [0.1, 0.15) is 4.99 Å². The van der Waals surface area contributed by atoms with Crippen LogP contribution >= 0.6 is 12.2 Å². The van der Waals surface area contributed by atoms with Gasteiger partial charge in [-0.25, -0.2) is 0 Å². The molecule has 0 amide bonds. The molecule has 0 unspecified atom stereocenters. The van der Waals surface area contributed by atoms with Crippen molar-refractivity contribution >= 4 is 22.9 Å². The van der Waals surface area contributed by atoms with E-state index in [1.54, 1.807) is 0 Å². The highest BCUT2D eigenvalue weighted by Crippen LogP contribution is 2.17. The van der Waals surface area contributed by atoms with Crippen LogP contribution in [0, 0.1) is 0 Å². The van der Waals surface area contributed by atoms with Crippen molar-refractivity contribution < 1.29 is 0 Å². The summed E-state index contributed by atoms with van der Waals surface area (Å²) in [7, 11) is 0. The molecule has 2 aromatic rings. The number of hydrogen-bond donors (Lipinski definition) is 2. The fourth-order valence-corrected chi connectivity index (χ4v) is 2.30. The molecule has 0 atom stereocenters. The highest BCUT2D eigenvalue weighted by molar-refractivity contribution is 7.80. The lowest BCUT2D eigenvalue weighted by Crippen LogP contribution is -2.13. The second-order valence-corrected chi connectivity index (χ2v) is 4.83. The van der Waals surface area contributed by atoms with E-state index >= 15 is 0 Å². The van der Waals surface area contributed by atoms with Gasteiger partial charge in [0, 0.05) is 17.8 Å². The van der Waals surface area contributed by atoms with E-state index in [0.29, 0.717) is 4.99 Å². The minimum absolute atomic E-state index is 0.423. The molecule has 0 heterocycles. The molecular formula is C16H18N2S. The first-order chi connectivity index (χ1) is 9.22. The van der Waals surface area contributed by atoms with Crippen molar-refractivity contribution in [2.75, 3.05) is 5.32 Å². The largest absolute Gasteiger partial charge is 0.389 e. The van der Waals surface area contributed by atoms with Gasteiger partial charge in [0.2, 0.25) is 0 Å². The molecule has 2 aromatic carbocycles. The highest BCUT2D eigenvalue weighted by Gasteiger charge is 2.05. The summed E-state index contributed by atoms with van der Waals surface area (Å²) < 4.78 is 0. The van der Waals surface area contributed by atoms with Gasteiger partial charge in [0.15, 0.2) is 0 Å². The topological polar surface area (TPSA) is 38.0 Å². The predicted octanol–water partition coefficient (Wildman–Crippen LogP) is 3.50. The lowest BCUT2D eigenvalue weighted by molar-refractivity contribution is 1.04. The second kappa shape index (κ2) is 6.34. The Morgan fingerprint density at radius 1 is 1.05 bits per heavy atom. The van der Waals surface area contributed by atoms with E-state index in [4.69, 9.17) is 18.0 Å². The van der Waals surface area contributed by atoms with Gasteiger partial charge in [0.05, 0.1) is 0 Å². The molecule has 0 aliphatic carbocycles. The Morgan fingerprint density at radius 3 is 2.37 bits per heavy atom. The molecule has 0 bridgehead atoms. The quantitative estimate of drug-likeness (QED) is 0.817. The van der Waals surface area contributed by atoms with Gasteiger partial charge in [-0.3, -0.25) is 0 Å². The Labute approximate surface area is 119 Å². The van der Waals surface area contributed by atoms with Crippen molar-refractivity contribution in [2.45, 2.75) is 19.9 Å². The minimum Gasteiger partial charge on any atom is -0.389 e. The Bertz CT molecular complexity index is 578. The summed E-state index contributed by atoms with van der Waals surface area (Å²) in [6.07, 6.45) is 1.04. The summed E-state index contributed by atoms with van der Waals surface area (Å²) in [5.41, 5.74) is 10.3. The maximum absolute atomic E-state index is 5.73. The second-order valence-electron chi connectivity index (χ2n) is 4.39. The molecule has 98 valence electrons. The molecule has 0 aromatic heterocycles. The summed E-state index contributed by atoms with van der Waals surface area (Å²) in [5, 5.41) is 3.42. The van der Waals surface area contributed by atoms with E-state index in [2.05, 4.69) is 36.5 Å². The van der Waals surface area contributed by atoms with Crippen LogP contribution in [0.25, 0.3) is 0 Å². The molecule has 0 radical (unpaired) electrons. The highest BCUT2D eigenvalue weighted by atomic mass is 32.1. The van der Waals surface area contributed by atoms with Crippen LogP contribution in [0.3, 0.4) is 0 Å². The maximum atomic E-state index is 5.73. The first-order valence-electron chi connectivity index (χ1n) is 6.42. The van der Waals surface area contributed by atoms with Crippen molar-refractivity contribution in [2.24, 2.45) is 5.73 Å². The molecule has 19 heavy (non-hydrogen) atoms. The van der Waals surface area contributed by atoms with Gasteiger partial charge in [-0.2, -0.15) is 0 Å². The summed E-state index contributed by atoms with van der Waals surface area (Å²) in [5.74, 6) is 0. The van der Waals surface area contributed by atoms with Crippen LogP contribution in [0.4, 0.5) is 5.69 Å². The Morgan fingerprint density at radius 2 is 1.68 bits per heavy atom. The van der Waals surface area contributed by atoms with Crippen molar-refractivity contribution in [1.82, 2.24) is 0 Å². The maximum Gasteiger partial charge on any atom is 0.106 e. The number of anilines is 1. The van der Waals surface area contributed by atoms with Crippen molar-refractivity contribution in [3.05, 3.63) is 65.2 Å². The third kappa shape index (κ3) is 3.32. The van der Waals surface area contributed by atoms with Gasteiger partial charge in [0.25, 0.3) is 0 Å². The van der Waals surface area contributed by atoms with E-state index in [1.165, 1.54) is 11.1 Å². The molecule has 0 saturated heterocycles. The van der Waals surface area contributed by atoms with E-state index in [1.807, 2.05) is 24.3 Å². The van der Waals surface area contributed by atoms with Gasteiger partial charge in [-0.1, -0.05) is 55.5 Å². The molecule has 0 spiro atoms. The number of benzene rings is 2. The minimum atomic E-state index is 0.423. The molecule has 0 fully saturated rings. The van der Waals surface area contributed by atoms with Gasteiger partial charge in [-0.15, -0.1) is 0 Å². The smallest absolute Gasteiger partial charge is 0.106 e. The zero-order valence-corrected chi connectivity index (χ0v) is 11.8. The van der Waals surface area contributed by atoms with Crippen molar-refractivity contribution in [3.63, 3.8) is 0 Å². The molecular weight excluding hydrogens is 252 g/mol. The van der Waals surface area contributed by atoms with Crippen LogP contribution in [-0.4, -0.2) is 4.99 Å². The average Bonchev–Trinajstić information content (AvgIpc) is 2.45. The van der Waals surface area contributed by atoms with Crippen LogP contribution in [0.1, 0.15) is 23.6 Å². The van der Waals surface area contributed by atoms with Crippen LogP contribution in [0.15, 0.2) is 48.5 Å². The van der Waals surface area contributed by atoms with Gasteiger partial charge >= 0.3 is 0 Å². The number of hydrogen-bond acceptors (Lipinski definition) is 2. The Hall–Kier alpha value is -1.87. The van der Waals surface area contributed by atoms with E-state index in [9.17, 15) is 0 Å². The standard InChI is InChI=1S/C16H18N2S/c1-2-12-7-3-4-8-13(12)11-18-15-10-6-5-9-14(15)16(17)19/h3-10,18H,2,11H2,1H3,(H2,17,19). The first kappa shape index (κ1) is 13.6. The van der Waals surface area contributed by atoms with E-state index in [0.717, 1.165) is 24.2 Å². The van der Waals surface area contributed by atoms with Crippen molar-refractivity contribution in [1.29, 1.82) is 0 Å². The van der Waals surface area contributed by atoms with Crippen LogP contribution in [0.2, 0.25) is 0 Å². The first-order valence-corrected chi connectivity index (χ1v) is 6.82. The molecule has 3 heteroatoms. The monoisotopic (exact) mass is 270 g/mol. The van der Waals surface area contributed by atoms with Crippen LogP contribution in [0.5, 0.6) is 0 Å². The van der Waals surface area contributed by atoms with E-state index in [-0.39, 0.29) is 0 Å². The van der Waals surface area contributed by atoms with Crippen LogP contribution < -0.4 is 11.1 Å². The summed E-state index contributed by atoms with van der Waals surface area (Å²) in [6, 6.07) is 16.3. The molecule has 2 rings (SSSR count). The molecule has 2 nitrogen and oxygen atoms in total. The molecule has 0 aliphatic rings. The Balaban J connectivity index is 2.17. The van der Waals surface area contributed by atoms with Gasteiger partial charge < -0.3 is 11.1 Å². The lowest BCUT2D eigenvalue weighted by Gasteiger charge is -2.13. The summed E-state index contributed by atoms with van der Waals surface area (Å²) in [4.78, 5) is 0.423. The number of nitrogens with two attached hydrogens (primary N) is 1. The van der Waals surface area contributed by atoms with Gasteiger partial charge in [-0.05, 0) is 29.7 Å². The lowest BCUT2D eigenvalue weighted by atomic mass is 10.1. The van der Waals surface area contributed by atoms with Crippen LogP contribution in [-0.2, 0) is 13.0 Å². The molecule has 3 N–H and O–H groups in total. The number of nitrogens with one attached hydrogen (secondary N) is 1. The number of thiocarbonyl (C=S) groups is 1. The average molecular weight is 270 g/mol. The SMILES string of the molecule is CCc1ccccc1CNc1ccccc1C(N)=S. The fraction of sp³-hybridized carbons (Fsp3) is 0.188. The van der Waals surface area contributed by atoms with E-state index < -0.39 is 0 Å². The third-order valence-corrected chi connectivity index (χ3v) is 3.38. The van der Waals surface area contributed by atoms with Crippen molar-refractivity contribution in [3.8, 4) is 0 Å². The zero-order valence-electron chi connectivity index (χ0n) is 11.0. The zero-order chi connectivity index (χ0) is 13.7. The molecule has 0 saturated carbocycles. The molecule has 0 aliphatic heterocycles. The summed E-state index contributed by atoms with van der Waals surface area (Å²) >= 11 is 5.07. The predicted molar refractivity (Wildman–Crippen MR) is 85.5 cm³/mol. The third-order valence-electron chi connectivity index (χ3n) is 3.16.